The second-order valence-electron chi connectivity index (χ2n) is 5.29. The summed E-state index contributed by atoms with van der Waals surface area (Å²) in [6.45, 7) is 0. The quantitative estimate of drug-likeness (QED) is 0.714. The van der Waals surface area contributed by atoms with Gasteiger partial charge >= 0.3 is 5.97 Å². The summed E-state index contributed by atoms with van der Waals surface area (Å²) < 4.78 is 0. The maximum atomic E-state index is 10.7. The minimum Gasteiger partial charge on any atom is -0.478 e. The van der Waals surface area contributed by atoms with Crippen LogP contribution in [0.2, 0.25) is 5.02 Å². The number of carbonyl (C=O) groups is 1. The van der Waals surface area contributed by atoms with E-state index in [1.807, 2.05) is 48.5 Å². The highest BCUT2D eigenvalue weighted by atomic mass is 35.5. The van der Waals surface area contributed by atoms with Gasteiger partial charge in [0.2, 0.25) is 5.72 Å². The van der Waals surface area contributed by atoms with Gasteiger partial charge in [-0.3, -0.25) is 5.73 Å². The number of nitrogens with two attached hydrogens (primary N) is 1. The Morgan fingerprint density at radius 2 is 1.82 bits per heavy atom. The maximum Gasteiger partial charge on any atom is 0.350 e. The molecule has 5 heteroatoms. The average molecular weight is 320 g/mol. The summed E-state index contributed by atoms with van der Waals surface area (Å²) in [5, 5.41) is 18.9. The van der Waals surface area contributed by atoms with E-state index in [1.165, 1.54) is 0 Å². The highest BCUT2D eigenvalue weighted by Gasteiger charge is 2.29. The first-order valence-corrected chi connectivity index (χ1v) is 7.36. The number of hydrogen-bond acceptors (Lipinski definition) is 3. The number of halogens is 1. The molecule has 0 aliphatic rings. The Balaban J connectivity index is 1.97. The van der Waals surface area contributed by atoms with E-state index in [0.29, 0.717) is 17.9 Å². The molecule has 0 spiro atoms. The van der Waals surface area contributed by atoms with Gasteiger partial charge in [0.15, 0.2) is 0 Å². The van der Waals surface area contributed by atoms with Crippen molar-refractivity contribution in [3.8, 4) is 11.1 Å². The van der Waals surface area contributed by atoms with Crippen LogP contribution in [0.1, 0.15) is 18.4 Å². The highest BCUT2D eigenvalue weighted by molar-refractivity contribution is 6.30. The topological polar surface area (TPSA) is 83.5 Å². The lowest BCUT2D eigenvalue weighted by Gasteiger charge is -2.17. The molecule has 0 saturated carbocycles. The van der Waals surface area contributed by atoms with Crippen molar-refractivity contribution in [1.82, 2.24) is 0 Å². The largest absolute Gasteiger partial charge is 0.478 e. The summed E-state index contributed by atoms with van der Waals surface area (Å²) in [6, 6.07) is 15.6. The fourth-order valence-electron chi connectivity index (χ4n) is 2.20. The second kappa shape index (κ2) is 6.92. The Labute approximate surface area is 134 Å². The fraction of sp³-hybridized carbons (Fsp3) is 0.235. The van der Waals surface area contributed by atoms with E-state index in [1.54, 1.807) is 0 Å². The Bertz CT molecular complexity index is 653. The van der Waals surface area contributed by atoms with Gasteiger partial charge in [-0.15, -0.1) is 0 Å². The normalized spacial score (nSPS) is 13.6. The third-order valence-electron chi connectivity index (χ3n) is 3.51. The Morgan fingerprint density at radius 1 is 1.14 bits per heavy atom. The smallest absolute Gasteiger partial charge is 0.350 e. The van der Waals surface area contributed by atoms with Gasteiger partial charge in [-0.2, -0.15) is 0 Å². The Hall–Kier alpha value is -1.88. The number of benzene rings is 2. The minimum atomic E-state index is -2.15. The van der Waals surface area contributed by atoms with Crippen LogP contribution in [0.25, 0.3) is 11.1 Å². The number of aliphatic hydroxyl groups is 1. The van der Waals surface area contributed by atoms with Crippen LogP contribution in [0.5, 0.6) is 0 Å². The molecule has 2 rings (SSSR count). The number of carboxylic acid groups (broad SMARTS) is 1. The number of rotatable bonds is 6. The molecular formula is C17H18ClNO3. The number of aliphatic carboxylic acids is 1. The molecule has 0 aliphatic heterocycles. The second-order valence-corrected chi connectivity index (χ2v) is 5.73. The first-order chi connectivity index (χ1) is 10.4. The SMILES string of the molecule is NC(O)(CCCc1ccc(-c2cccc(Cl)c2)cc1)C(=O)O. The van der Waals surface area contributed by atoms with Crippen LogP contribution < -0.4 is 5.73 Å². The van der Waals surface area contributed by atoms with E-state index in [0.717, 1.165) is 16.7 Å². The van der Waals surface area contributed by atoms with Crippen molar-refractivity contribution in [2.45, 2.75) is 25.0 Å². The third kappa shape index (κ3) is 4.31. The number of carboxylic acids is 1. The van der Waals surface area contributed by atoms with E-state index >= 15 is 0 Å². The molecule has 4 nitrogen and oxygen atoms in total. The Kier molecular flexibility index (Phi) is 5.19. The summed E-state index contributed by atoms with van der Waals surface area (Å²) in [6.07, 6.45) is 1.16. The van der Waals surface area contributed by atoms with E-state index in [4.69, 9.17) is 22.4 Å². The maximum absolute atomic E-state index is 10.7. The average Bonchev–Trinajstić information content (AvgIpc) is 2.47. The van der Waals surface area contributed by atoms with Crippen LogP contribution in [0.4, 0.5) is 0 Å². The summed E-state index contributed by atoms with van der Waals surface area (Å²) in [7, 11) is 0. The van der Waals surface area contributed by atoms with Crippen molar-refractivity contribution in [2.24, 2.45) is 5.73 Å². The van der Waals surface area contributed by atoms with Gasteiger partial charge < -0.3 is 10.2 Å². The van der Waals surface area contributed by atoms with Crippen LogP contribution in [-0.2, 0) is 11.2 Å². The van der Waals surface area contributed by atoms with Crippen LogP contribution in [0.3, 0.4) is 0 Å². The monoisotopic (exact) mass is 319 g/mol. The molecule has 1 unspecified atom stereocenters. The van der Waals surface area contributed by atoms with Gasteiger partial charge in [0, 0.05) is 11.4 Å². The van der Waals surface area contributed by atoms with E-state index in [-0.39, 0.29) is 6.42 Å². The molecule has 2 aromatic carbocycles. The van der Waals surface area contributed by atoms with Crippen LogP contribution in [-0.4, -0.2) is 21.9 Å². The number of aryl methyl sites for hydroxylation is 1. The van der Waals surface area contributed by atoms with E-state index in [2.05, 4.69) is 0 Å². The molecular weight excluding hydrogens is 302 g/mol. The molecule has 0 amide bonds. The first-order valence-electron chi connectivity index (χ1n) is 6.98. The fourth-order valence-corrected chi connectivity index (χ4v) is 2.39. The lowest BCUT2D eigenvalue weighted by Crippen LogP contribution is -2.47. The standard InChI is InChI=1S/C17H18ClNO3/c18-15-5-1-4-14(11-15)13-8-6-12(7-9-13)3-2-10-17(19,22)16(20)21/h1,4-9,11,22H,2-3,10,19H2,(H,20,21). The molecule has 0 saturated heterocycles. The molecule has 22 heavy (non-hydrogen) atoms. The van der Waals surface area contributed by atoms with E-state index in [9.17, 15) is 9.90 Å². The molecule has 116 valence electrons. The summed E-state index contributed by atoms with van der Waals surface area (Å²) in [5.41, 5.74) is 6.30. The lowest BCUT2D eigenvalue weighted by atomic mass is 10.00. The zero-order chi connectivity index (χ0) is 16.2. The highest BCUT2D eigenvalue weighted by Crippen LogP contribution is 2.23. The predicted octanol–water partition coefficient (Wildman–Crippen LogP) is 3.06. The minimum absolute atomic E-state index is 0.0123. The molecule has 0 bridgehead atoms. The molecule has 0 fully saturated rings. The Morgan fingerprint density at radius 3 is 2.41 bits per heavy atom. The summed E-state index contributed by atoms with van der Waals surface area (Å²) >= 11 is 5.98. The van der Waals surface area contributed by atoms with Crippen molar-refractivity contribution in [1.29, 1.82) is 0 Å². The molecule has 2 aromatic rings. The van der Waals surface area contributed by atoms with Gasteiger partial charge in [-0.25, -0.2) is 4.79 Å². The zero-order valence-corrected chi connectivity index (χ0v) is 12.8. The number of hydrogen-bond donors (Lipinski definition) is 3. The third-order valence-corrected chi connectivity index (χ3v) is 3.74. The van der Waals surface area contributed by atoms with E-state index < -0.39 is 11.7 Å². The molecule has 0 aromatic heterocycles. The van der Waals surface area contributed by atoms with Crippen molar-refractivity contribution < 1.29 is 15.0 Å². The van der Waals surface area contributed by atoms with Gasteiger partial charge in [-0.05, 0) is 41.7 Å². The van der Waals surface area contributed by atoms with Crippen molar-refractivity contribution in [3.63, 3.8) is 0 Å². The molecule has 0 radical (unpaired) electrons. The first kappa shape index (κ1) is 16.5. The van der Waals surface area contributed by atoms with Crippen molar-refractivity contribution in [3.05, 3.63) is 59.1 Å². The summed E-state index contributed by atoms with van der Waals surface area (Å²) in [4.78, 5) is 10.7. The molecule has 1 atom stereocenters. The van der Waals surface area contributed by atoms with Gasteiger partial charge in [0.25, 0.3) is 0 Å². The van der Waals surface area contributed by atoms with Crippen LogP contribution >= 0.6 is 11.6 Å². The molecule has 0 heterocycles. The zero-order valence-electron chi connectivity index (χ0n) is 12.0. The predicted molar refractivity (Wildman–Crippen MR) is 86.6 cm³/mol. The molecule has 4 N–H and O–H groups in total. The molecule has 0 aliphatic carbocycles. The van der Waals surface area contributed by atoms with Crippen molar-refractivity contribution >= 4 is 17.6 Å². The van der Waals surface area contributed by atoms with Crippen LogP contribution in [0, 0.1) is 0 Å². The van der Waals surface area contributed by atoms with Crippen LogP contribution in [0.15, 0.2) is 48.5 Å². The van der Waals surface area contributed by atoms with Gasteiger partial charge in [0.05, 0.1) is 0 Å². The van der Waals surface area contributed by atoms with Crippen molar-refractivity contribution in [2.75, 3.05) is 0 Å². The summed E-state index contributed by atoms with van der Waals surface area (Å²) in [5.74, 6) is -1.40. The van der Waals surface area contributed by atoms with Gasteiger partial charge in [-0.1, -0.05) is 48.0 Å². The van der Waals surface area contributed by atoms with Gasteiger partial charge in [0.1, 0.15) is 0 Å². The lowest BCUT2D eigenvalue weighted by molar-refractivity contribution is -0.158.